The lowest BCUT2D eigenvalue weighted by atomic mass is 10.1. The van der Waals surface area contributed by atoms with E-state index in [9.17, 15) is 5.11 Å². The van der Waals surface area contributed by atoms with Gasteiger partial charge >= 0.3 is 0 Å². The molecular weight excluding hydrogens is 216 g/mol. The Balaban J connectivity index is 1.70. The maximum Gasteiger partial charge on any atom is 0.122 e. The lowest BCUT2D eigenvalue weighted by molar-refractivity contribution is 0.00729. The van der Waals surface area contributed by atoms with Crippen molar-refractivity contribution in [1.82, 2.24) is 0 Å². The molecule has 3 rings (SSSR count). The van der Waals surface area contributed by atoms with Gasteiger partial charge in [-0.15, -0.1) is 0 Å². The van der Waals surface area contributed by atoms with Gasteiger partial charge in [-0.3, -0.25) is 0 Å². The van der Waals surface area contributed by atoms with E-state index in [1.807, 2.05) is 24.3 Å². The molecule has 0 spiro atoms. The van der Waals surface area contributed by atoms with E-state index in [0.29, 0.717) is 6.61 Å². The number of aliphatic hydroxyl groups is 1. The Morgan fingerprint density at radius 1 is 1.35 bits per heavy atom. The first-order valence-electron chi connectivity index (χ1n) is 6.34. The molecule has 1 unspecified atom stereocenters. The maximum atomic E-state index is 10.1. The van der Waals surface area contributed by atoms with Crippen LogP contribution in [0.25, 0.3) is 0 Å². The Hall–Kier alpha value is -1.06. The molecule has 1 atom stereocenters. The molecule has 1 aliphatic heterocycles. The van der Waals surface area contributed by atoms with Crippen molar-refractivity contribution in [3.63, 3.8) is 0 Å². The first-order chi connectivity index (χ1) is 8.26. The molecule has 0 radical (unpaired) electrons. The molecule has 1 aromatic carbocycles. The summed E-state index contributed by atoms with van der Waals surface area (Å²) < 4.78 is 11.3. The van der Waals surface area contributed by atoms with Crippen LogP contribution in [0.3, 0.4) is 0 Å². The van der Waals surface area contributed by atoms with E-state index in [2.05, 4.69) is 0 Å². The zero-order valence-corrected chi connectivity index (χ0v) is 9.89. The van der Waals surface area contributed by atoms with E-state index < -0.39 is 5.60 Å². The number of benzene rings is 1. The van der Waals surface area contributed by atoms with Crippen LogP contribution in [0, 0.1) is 0 Å². The molecule has 17 heavy (non-hydrogen) atoms. The van der Waals surface area contributed by atoms with Gasteiger partial charge in [0.05, 0.1) is 12.2 Å². The first-order valence-corrected chi connectivity index (χ1v) is 6.34. The van der Waals surface area contributed by atoms with Gasteiger partial charge in [0, 0.05) is 6.61 Å². The first kappa shape index (κ1) is 11.1. The highest BCUT2D eigenvalue weighted by molar-refractivity contribution is 5.35. The van der Waals surface area contributed by atoms with Crippen molar-refractivity contribution in [2.45, 2.75) is 37.4 Å². The Labute approximate surface area is 101 Å². The highest BCUT2D eigenvalue weighted by Gasteiger charge is 2.42. The second-order valence-electron chi connectivity index (χ2n) is 5.02. The highest BCUT2D eigenvalue weighted by atomic mass is 16.5. The van der Waals surface area contributed by atoms with Crippen molar-refractivity contribution < 1.29 is 14.6 Å². The van der Waals surface area contributed by atoms with Crippen LogP contribution in [-0.4, -0.2) is 24.4 Å². The molecule has 1 saturated carbocycles. The van der Waals surface area contributed by atoms with Crippen LogP contribution in [0.2, 0.25) is 0 Å². The molecule has 1 aromatic rings. The van der Waals surface area contributed by atoms with Crippen molar-refractivity contribution in [3.05, 3.63) is 29.8 Å². The Bertz CT molecular complexity index is 392. The van der Waals surface area contributed by atoms with E-state index in [0.717, 1.165) is 43.6 Å². The van der Waals surface area contributed by atoms with Crippen molar-refractivity contribution >= 4 is 0 Å². The van der Waals surface area contributed by atoms with Gasteiger partial charge in [-0.05, 0) is 43.4 Å². The summed E-state index contributed by atoms with van der Waals surface area (Å²) in [6.45, 7) is 1.52. The maximum absolute atomic E-state index is 10.1. The Morgan fingerprint density at radius 2 is 2.24 bits per heavy atom. The summed E-state index contributed by atoms with van der Waals surface area (Å²) in [7, 11) is 0. The molecule has 3 heteroatoms. The summed E-state index contributed by atoms with van der Waals surface area (Å²) >= 11 is 0. The third-order valence-corrected chi connectivity index (χ3v) is 3.52. The topological polar surface area (TPSA) is 38.7 Å². The van der Waals surface area contributed by atoms with E-state index in [1.54, 1.807) is 0 Å². The fourth-order valence-electron chi connectivity index (χ4n) is 2.26. The van der Waals surface area contributed by atoms with Crippen molar-refractivity contribution in [2.75, 3.05) is 13.2 Å². The number of ether oxygens (including phenoxy) is 2. The van der Waals surface area contributed by atoms with E-state index in [4.69, 9.17) is 9.47 Å². The van der Waals surface area contributed by atoms with Gasteiger partial charge in [-0.25, -0.2) is 0 Å². The molecule has 1 aliphatic carbocycles. The molecule has 1 heterocycles. The van der Waals surface area contributed by atoms with E-state index in [1.165, 1.54) is 0 Å². The second kappa shape index (κ2) is 4.31. The summed E-state index contributed by atoms with van der Waals surface area (Å²) in [5.74, 6) is 0.846. The molecule has 1 saturated heterocycles. The zero-order valence-electron chi connectivity index (χ0n) is 9.89. The summed E-state index contributed by atoms with van der Waals surface area (Å²) in [6.07, 6.45) is 4.00. The Kier molecular flexibility index (Phi) is 2.81. The van der Waals surface area contributed by atoms with Gasteiger partial charge in [0.1, 0.15) is 11.9 Å². The minimum Gasteiger partial charge on any atom is -0.488 e. The third-order valence-electron chi connectivity index (χ3n) is 3.52. The van der Waals surface area contributed by atoms with Gasteiger partial charge in [-0.2, -0.15) is 0 Å². The average molecular weight is 234 g/mol. The van der Waals surface area contributed by atoms with Crippen LogP contribution in [0.1, 0.15) is 31.2 Å². The molecule has 92 valence electrons. The van der Waals surface area contributed by atoms with Gasteiger partial charge < -0.3 is 14.6 Å². The van der Waals surface area contributed by atoms with Gasteiger partial charge in [-0.1, -0.05) is 12.1 Å². The molecule has 3 nitrogen and oxygen atoms in total. The van der Waals surface area contributed by atoms with E-state index in [-0.39, 0.29) is 6.10 Å². The quantitative estimate of drug-likeness (QED) is 0.871. The summed E-state index contributed by atoms with van der Waals surface area (Å²) in [4.78, 5) is 0. The van der Waals surface area contributed by atoms with Crippen LogP contribution >= 0.6 is 0 Å². The minimum absolute atomic E-state index is 0.160. The Morgan fingerprint density at radius 3 is 2.94 bits per heavy atom. The number of hydrogen-bond acceptors (Lipinski definition) is 3. The van der Waals surface area contributed by atoms with Gasteiger partial charge in [0.2, 0.25) is 0 Å². The molecule has 2 aliphatic rings. The van der Waals surface area contributed by atoms with Crippen LogP contribution in [-0.2, 0) is 10.3 Å². The zero-order chi connectivity index (χ0) is 11.7. The molecule has 0 amide bonds. The predicted molar refractivity (Wildman–Crippen MR) is 64.0 cm³/mol. The van der Waals surface area contributed by atoms with Gasteiger partial charge in [0.25, 0.3) is 0 Å². The van der Waals surface area contributed by atoms with Crippen LogP contribution in [0.4, 0.5) is 0 Å². The van der Waals surface area contributed by atoms with Crippen LogP contribution in [0.5, 0.6) is 5.75 Å². The molecular formula is C14H18O3. The average Bonchev–Trinajstić information content (AvgIpc) is 3.11. The van der Waals surface area contributed by atoms with E-state index >= 15 is 0 Å². The lowest BCUT2D eigenvalue weighted by Gasteiger charge is -2.23. The van der Waals surface area contributed by atoms with Crippen LogP contribution in [0.15, 0.2) is 24.3 Å². The largest absolute Gasteiger partial charge is 0.488 e. The molecule has 2 fully saturated rings. The number of hydrogen-bond donors (Lipinski definition) is 1. The van der Waals surface area contributed by atoms with Crippen molar-refractivity contribution in [1.29, 1.82) is 0 Å². The lowest BCUT2D eigenvalue weighted by Crippen LogP contribution is -2.28. The predicted octanol–water partition coefficient (Wildman–Crippen LogP) is 2.23. The SMILES string of the molecule is OC1(c2cccc(OC3CCCOC3)c2)CC1. The standard InChI is InChI=1S/C14H18O3/c15-14(6-7-14)11-3-1-4-12(9-11)17-13-5-2-8-16-10-13/h1,3-4,9,13,15H,2,5-8,10H2. The minimum atomic E-state index is -0.581. The summed E-state index contributed by atoms with van der Waals surface area (Å²) in [5, 5.41) is 10.1. The van der Waals surface area contributed by atoms with Gasteiger partial charge in [0.15, 0.2) is 0 Å². The second-order valence-corrected chi connectivity index (χ2v) is 5.02. The normalized spacial score (nSPS) is 26.5. The fourth-order valence-corrected chi connectivity index (χ4v) is 2.26. The third kappa shape index (κ3) is 2.45. The monoisotopic (exact) mass is 234 g/mol. The van der Waals surface area contributed by atoms with Crippen molar-refractivity contribution in [2.24, 2.45) is 0 Å². The molecule has 0 bridgehead atoms. The van der Waals surface area contributed by atoms with Crippen molar-refractivity contribution in [3.8, 4) is 5.75 Å². The summed E-state index contributed by atoms with van der Waals surface area (Å²) in [6, 6.07) is 7.83. The number of rotatable bonds is 3. The molecule has 1 N–H and O–H groups in total. The smallest absolute Gasteiger partial charge is 0.122 e. The highest BCUT2D eigenvalue weighted by Crippen LogP contribution is 2.45. The summed E-state index contributed by atoms with van der Waals surface area (Å²) in [5.41, 5.74) is 0.398. The molecule has 0 aromatic heterocycles. The fraction of sp³-hybridized carbons (Fsp3) is 0.571. The van der Waals surface area contributed by atoms with Crippen LogP contribution < -0.4 is 4.74 Å².